The minimum atomic E-state index is -2.60. The van der Waals surface area contributed by atoms with Crippen molar-refractivity contribution in [2.45, 2.75) is 50.7 Å². The Kier molecular flexibility index (Phi) is 4.06. The number of nitrogens with zero attached hydrogens (tertiary/aromatic N) is 8. The molecule has 2 aliphatic carbocycles. The maximum atomic E-state index is 12.9. The summed E-state index contributed by atoms with van der Waals surface area (Å²) in [6.45, 7) is 3.16. The van der Waals surface area contributed by atoms with E-state index < -0.39 is 6.55 Å². The van der Waals surface area contributed by atoms with E-state index in [0.29, 0.717) is 23.2 Å². The summed E-state index contributed by atoms with van der Waals surface area (Å²) >= 11 is 0. The summed E-state index contributed by atoms with van der Waals surface area (Å²) in [5, 5.41) is 8.37. The maximum absolute atomic E-state index is 12.9. The van der Waals surface area contributed by atoms with Crippen molar-refractivity contribution in [3.63, 3.8) is 0 Å². The first-order valence-electron chi connectivity index (χ1n) is 11.9. The van der Waals surface area contributed by atoms with Gasteiger partial charge in [0.15, 0.2) is 5.82 Å². The Hall–Kier alpha value is -2.56. The number of urea groups is 1. The molecule has 176 valence electrons. The quantitative estimate of drug-likeness (QED) is 0.688. The Morgan fingerprint density at radius 3 is 2.39 bits per heavy atom. The summed E-state index contributed by atoms with van der Waals surface area (Å²) in [6, 6.07) is 0.603. The van der Waals surface area contributed by atoms with Gasteiger partial charge in [0.1, 0.15) is 6.33 Å². The molecule has 0 N–H and O–H groups in total. The first kappa shape index (κ1) is 19.9. The van der Waals surface area contributed by atoms with E-state index in [1.807, 2.05) is 20.8 Å². The molecule has 7 rings (SSSR count). The number of alkyl halides is 2. The topological polar surface area (TPSA) is 75.3 Å². The summed E-state index contributed by atoms with van der Waals surface area (Å²) in [4.78, 5) is 23.5. The number of halogens is 2. The van der Waals surface area contributed by atoms with Crippen molar-refractivity contribution >= 4 is 6.03 Å². The Bertz CT molecular complexity index is 1070. The first-order chi connectivity index (χ1) is 15.9. The molecule has 9 nitrogen and oxygen atoms in total. The smallest absolute Gasteiger partial charge is 0.323 e. The van der Waals surface area contributed by atoms with Crippen molar-refractivity contribution in [3.05, 3.63) is 30.1 Å². The average molecular weight is 459 g/mol. The summed E-state index contributed by atoms with van der Waals surface area (Å²) < 4.78 is 28.1. The van der Waals surface area contributed by atoms with Crippen LogP contribution < -0.4 is 0 Å². The van der Waals surface area contributed by atoms with Crippen molar-refractivity contribution in [1.82, 2.24) is 39.2 Å². The Morgan fingerprint density at radius 1 is 1.06 bits per heavy atom. The molecule has 3 aliphatic heterocycles. The van der Waals surface area contributed by atoms with Crippen molar-refractivity contribution in [1.29, 1.82) is 0 Å². The summed E-state index contributed by atoms with van der Waals surface area (Å²) in [5.41, 5.74) is 1.27. The molecule has 0 radical (unpaired) electrons. The van der Waals surface area contributed by atoms with Crippen LogP contribution in [0.3, 0.4) is 0 Å². The molecule has 2 aromatic rings. The Balaban J connectivity index is 0.845. The zero-order valence-electron chi connectivity index (χ0n) is 18.5. The minimum Gasteiger partial charge on any atom is -0.323 e. The van der Waals surface area contributed by atoms with Crippen molar-refractivity contribution in [2.24, 2.45) is 10.8 Å². The molecule has 0 atom stereocenters. The summed E-state index contributed by atoms with van der Waals surface area (Å²) in [6.07, 6.45) is 9.42. The number of likely N-dealkylation sites (tertiary alicyclic amines) is 3. The van der Waals surface area contributed by atoms with Crippen molar-refractivity contribution in [2.75, 3.05) is 39.3 Å². The van der Waals surface area contributed by atoms with E-state index in [1.54, 1.807) is 0 Å². The number of hydrogen-bond donors (Lipinski definition) is 0. The van der Waals surface area contributed by atoms with Gasteiger partial charge in [0.05, 0.1) is 12.2 Å². The molecule has 5 fully saturated rings. The molecule has 0 aromatic carbocycles. The standard InChI is InChI=1S/C22H28F2N8O/c23-19(24)31-7-15(5-26-31)6-28-8-22(9-28)12-30(13-22)20(33)29-10-21(11-29)3-17(4-21)32-14-25-18(27-32)16-1-2-16/h5,7,14,16-17,19H,1-4,6,8-13H2. The van der Waals surface area contributed by atoms with Crippen LogP contribution in [-0.2, 0) is 6.54 Å². The predicted molar refractivity (Wildman–Crippen MR) is 112 cm³/mol. The molecule has 5 aliphatic rings. The van der Waals surface area contributed by atoms with E-state index in [2.05, 4.69) is 20.1 Å². The zero-order chi connectivity index (χ0) is 22.4. The number of amides is 2. The first-order valence-corrected chi connectivity index (χ1v) is 11.9. The number of carbonyl (C=O) groups excluding carboxylic acids is 1. The van der Waals surface area contributed by atoms with Crippen LogP contribution in [0.15, 0.2) is 18.7 Å². The van der Waals surface area contributed by atoms with Crippen LogP contribution in [0.5, 0.6) is 0 Å². The molecular weight excluding hydrogens is 430 g/mol. The van der Waals surface area contributed by atoms with Gasteiger partial charge in [-0.1, -0.05) is 0 Å². The fourth-order valence-corrected chi connectivity index (χ4v) is 6.41. The van der Waals surface area contributed by atoms with Crippen LogP contribution in [-0.4, -0.2) is 84.5 Å². The van der Waals surface area contributed by atoms with Gasteiger partial charge in [-0.25, -0.2) is 19.1 Å². The van der Waals surface area contributed by atoms with E-state index in [9.17, 15) is 13.6 Å². The van der Waals surface area contributed by atoms with Crippen LogP contribution in [0, 0.1) is 10.8 Å². The molecule has 3 saturated heterocycles. The average Bonchev–Trinajstić information content (AvgIpc) is 3.20. The molecule has 0 bridgehead atoms. The van der Waals surface area contributed by atoms with Gasteiger partial charge in [0, 0.05) is 74.3 Å². The van der Waals surface area contributed by atoms with Gasteiger partial charge in [-0.2, -0.15) is 19.0 Å². The second kappa shape index (κ2) is 6.74. The highest BCUT2D eigenvalue weighted by Gasteiger charge is 2.58. The van der Waals surface area contributed by atoms with Crippen LogP contribution in [0.1, 0.15) is 55.6 Å². The molecule has 2 saturated carbocycles. The third-order valence-electron chi connectivity index (χ3n) is 8.21. The largest absolute Gasteiger partial charge is 0.333 e. The number of rotatable bonds is 5. The molecule has 2 amide bonds. The van der Waals surface area contributed by atoms with E-state index in [0.717, 1.165) is 63.5 Å². The molecule has 33 heavy (non-hydrogen) atoms. The molecule has 0 unspecified atom stereocenters. The monoisotopic (exact) mass is 458 g/mol. The second-order valence-corrected chi connectivity index (χ2v) is 11.2. The van der Waals surface area contributed by atoms with Crippen LogP contribution in [0.25, 0.3) is 0 Å². The molecular formula is C22H28F2N8O. The third kappa shape index (κ3) is 3.26. The predicted octanol–water partition coefficient (Wildman–Crippen LogP) is 2.32. The lowest BCUT2D eigenvalue weighted by Crippen LogP contribution is -2.75. The normalized spacial score (nSPS) is 25.8. The molecule has 11 heteroatoms. The SMILES string of the molecule is O=C(N1CC2(CC(n3cnc(C4CC4)n3)C2)C1)N1CC2(CN(Cc3cnn(C(F)F)c3)C2)C1. The van der Waals surface area contributed by atoms with Gasteiger partial charge >= 0.3 is 12.6 Å². The maximum Gasteiger partial charge on any atom is 0.333 e. The Labute approximate surface area is 190 Å². The highest BCUT2D eigenvalue weighted by molar-refractivity contribution is 5.77. The lowest BCUT2D eigenvalue weighted by Gasteiger charge is -2.63. The van der Waals surface area contributed by atoms with Gasteiger partial charge in [0.25, 0.3) is 0 Å². The van der Waals surface area contributed by atoms with Crippen LogP contribution >= 0.6 is 0 Å². The van der Waals surface area contributed by atoms with Gasteiger partial charge in [-0.05, 0) is 25.7 Å². The van der Waals surface area contributed by atoms with E-state index in [4.69, 9.17) is 0 Å². The minimum absolute atomic E-state index is 0.170. The number of hydrogen-bond acceptors (Lipinski definition) is 5. The lowest BCUT2D eigenvalue weighted by atomic mass is 9.60. The van der Waals surface area contributed by atoms with E-state index in [-0.39, 0.29) is 16.9 Å². The molecule has 2 spiro atoms. The zero-order valence-corrected chi connectivity index (χ0v) is 18.5. The van der Waals surface area contributed by atoms with Crippen molar-refractivity contribution < 1.29 is 13.6 Å². The fraction of sp³-hybridized carbons (Fsp3) is 0.727. The van der Waals surface area contributed by atoms with E-state index >= 15 is 0 Å². The van der Waals surface area contributed by atoms with Gasteiger partial charge in [0.2, 0.25) is 0 Å². The van der Waals surface area contributed by atoms with Gasteiger partial charge < -0.3 is 9.80 Å². The highest BCUT2D eigenvalue weighted by Crippen LogP contribution is 2.54. The molecule has 2 aromatic heterocycles. The third-order valence-corrected chi connectivity index (χ3v) is 8.21. The number of carbonyl (C=O) groups is 1. The number of aromatic nitrogens is 5. The second-order valence-electron chi connectivity index (χ2n) is 11.2. The lowest BCUT2D eigenvalue weighted by molar-refractivity contribution is -0.120. The van der Waals surface area contributed by atoms with Crippen molar-refractivity contribution in [3.8, 4) is 0 Å². The summed E-state index contributed by atoms with van der Waals surface area (Å²) in [7, 11) is 0. The van der Waals surface area contributed by atoms with Crippen LogP contribution in [0.4, 0.5) is 13.6 Å². The Morgan fingerprint density at radius 2 is 1.76 bits per heavy atom. The molecule has 5 heterocycles. The fourth-order valence-electron chi connectivity index (χ4n) is 6.41. The van der Waals surface area contributed by atoms with E-state index in [1.165, 1.54) is 25.2 Å². The van der Waals surface area contributed by atoms with Gasteiger partial charge in [-0.3, -0.25) is 4.90 Å². The van der Waals surface area contributed by atoms with Gasteiger partial charge in [-0.15, -0.1) is 0 Å². The highest BCUT2D eigenvalue weighted by atomic mass is 19.3. The summed E-state index contributed by atoms with van der Waals surface area (Å²) in [5.74, 6) is 1.59. The van der Waals surface area contributed by atoms with Crippen LogP contribution in [0.2, 0.25) is 0 Å².